The van der Waals surface area contributed by atoms with Crippen molar-refractivity contribution in [3.63, 3.8) is 0 Å². The normalized spacial score (nSPS) is 13.6. The fraction of sp³-hybridized carbons (Fsp3) is 0.0204. The molecule has 2 heterocycles. The van der Waals surface area contributed by atoms with Crippen LogP contribution in [0.5, 0.6) is 0 Å². The molecule has 0 aliphatic heterocycles. The summed E-state index contributed by atoms with van der Waals surface area (Å²) in [4.78, 5) is 0. The van der Waals surface area contributed by atoms with Gasteiger partial charge in [0.2, 0.25) is 0 Å². The van der Waals surface area contributed by atoms with Crippen LogP contribution in [0.2, 0.25) is 0 Å². The highest BCUT2D eigenvalue weighted by atomic mass is 16.3. The summed E-state index contributed by atoms with van der Waals surface area (Å²) in [6.07, 6.45) is 0. The van der Waals surface area contributed by atoms with Gasteiger partial charge in [0.05, 0.1) is 16.4 Å². The highest BCUT2D eigenvalue weighted by molar-refractivity contribution is 6.11. The van der Waals surface area contributed by atoms with E-state index in [2.05, 4.69) is 180 Å². The Morgan fingerprint density at radius 3 is 1.49 bits per heavy atom. The van der Waals surface area contributed by atoms with Gasteiger partial charge >= 0.3 is 0 Å². The molecule has 0 atom stereocenters. The number of hydrogen-bond acceptors (Lipinski definition) is 1. The van der Waals surface area contributed by atoms with Crippen LogP contribution in [0.3, 0.4) is 0 Å². The smallest absolute Gasteiger partial charge is 0.136 e. The molecule has 10 aromatic rings. The van der Waals surface area contributed by atoms with Gasteiger partial charge in [-0.1, -0.05) is 127 Å². The monoisotopic (exact) mass is 647 g/mol. The van der Waals surface area contributed by atoms with Gasteiger partial charge < -0.3 is 8.98 Å². The lowest BCUT2D eigenvalue weighted by Gasteiger charge is -2.30. The Morgan fingerprint density at radius 1 is 0.353 bits per heavy atom. The molecule has 236 valence electrons. The van der Waals surface area contributed by atoms with Crippen LogP contribution in [0.15, 0.2) is 180 Å². The summed E-state index contributed by atoms with van der Waals surface area (Å²) in [5.74, 6) is 0. The minimum Gasteiger partial charge on any atom is -0.456 e. The number of para-hydroxylation sites is 2. The molecular formula is C49H29NO. The number of rotatable bonds is 2. The fourth-order valence-electron chi connectivity index (χ4n) is 9.54. The standard InChI is InChI=1S/C49H29NO/c1-6-16-41-33(11-1)34-12-2-7-17-42(34)49(41)43-18-8-3-13-35(43)39-28-40-38-26-23-31(27-47(38)51-48(40)29-44(39)49)30-21-24-32(25-22-30)50-45-19-9-4-14-36(45)37-15-5-10-20-46(37)50/h1-29H. The third kappa shape index (κ3) is 3.42. The Labute approximate surface area is 294 Å². The van der Waals surface area contributed by atoms with Crippen molar-refractivity contribution in [1.29, 1.82) is 0 Å². The van der Waals surface area contributed by atoms with Crippen molar-refractivity contribution in [2.24, 2.45) is 0 Å². The Hall–Kier alpha value is -6.64. The summed E-state index contributed by atoms with van der Waals surface area (Å²) in [5.41, 5.74) is 17.9. The van der Waals surface area contributed by atoms with E-state index in [9.17, 15) is 0 Å². The van der Waals surface area contributed by atoms with Crippen molar-refractivity contribution in [1.82, 2.24) is 4.57 Å². The average Bonchev–Trinajstić information content (AvgIpc) is 3.90. The maximum absolute atomic E-state index is 6.79. The first-order valence-electron chi connectivity index (χ1n) is 17.7. The van der Waals surface area contributed by atoms with Crippen LogP contribution in [-0.4, -0.2) is 4.57 Å². The number of aromatic nitrogens is 1. The van der Waals surface area contributed by atoms with E-state index in [0.29, 0.717) is 0 Å². The molecule has 0 saturated carbocycles. The molecule has 8 aromatic carbocycles. The van der Waals surface area contributed by atoms with Crippen LogP contribution >= 0.6 is 0 Å². The van der Waals surface area contributed by atoms with Gasteiger partial charge in [-0.15, -0.1) is 0 Å². The number of nitrogens with zero attached hydrogens (tertiary/aromatic N) is 1. The van der Waals surface area contributed by atoms with Gasteiger partial charge in [0.15, 0.2) is 0 Å². The molecule has 2 heteroatoms. The van der Waals surface area contributed by atoms with Crippen molar-refractivity contribution in [2.75, 3.05) is 0 Å². The van der Waals surface area contributed by atoms with Crippen molar-refractivity contribution >= 4 is 43.7 Å². The maximum Gasteiger partial charge on any atom is 0.136 e. The lowest BCUT2D eigenvalue weighted by atomic mass is 9.70. The second-order valence-electron chi connectivity index (χ2n) is 14.0. The molecule has 51 heavy (non-hydrogen) atoms. The Morgan fingerprint density at radius 2 is 0.863 bits per heavy atom. The van der Waals surface area contributed by atoms with E-state index in [-0.39, 0.29) is 5.41 Å². The fourth-order valence-corrected chi connectivity index (χ4v) is 9.54. The zero-order chi connectivity index (χ0) is 33.3. The largest absolute Gasteiger partial charge is 0.456 e. The summed E-state index contributed by atoms with van der Waals surface area (Å²) < 4.78 is 9.16. The first-order valence-corrected chi connectivity index (χ1v) is 17.7. The second kappa shape index (κ2) is 9.74. The average molecular weight is 648 g/mol. The van der Waals surface area contributed by atoms with E-state index >= 15 is 0 Å². The molecule has 12 rings (SSSR count). The quantitative estimate of drug-likeness (QED) is 0.183. The molecule has 0 N–H and O–H groups in total. The zero-order valence-corrected chi connectivity index (χ0v) is 27.6. The van der Waals surface area contributed by atoms with Crippen LogP contribution < -0.4 is 0 Å². The lowest BCUT2D eigenvalue weighted by molar-refractivity contribution is 0.666. The summed E-state index contributed by atoms with van der Waals surface area (Å²) in [7, 11) is 0. The summed E-state index contributed by atoms with van der Waals surface area (Å²) >= 11 is 0. The van der Waals surface area contributed by atoms with Crippen molar-refractivity contribution in [3.8, 4) is 39.1 Å². The van der Waals surface area contributed by atoms with Crippen LogP contribution in [0.1, 0.15) is 22.3 Å². The minimum atomic E-state index is -0.379. The summed E-state index contributed by atoms with van der Waals surface area (Å²) in [5, 5.41) is 4.84. The predicted molar refractivity (Wildman–Crippen MR) is 210 cm³/mol. The molecule has 2 nitrogen and oxygen atoms in total. The van der Waals surface area contributed by atoms with Gasteiger partial charge in [0, 0.05) is 27.2 Å². The van der Waals surface area contributed by atoms with Gasteiger partial charge in [0.1, 0.15) is 11.2 Å². The third-order valence-electron chi connectivity index (χ3n) is 11.6. The highest BCUT2D eigenvalue weighted by Gasteiger charge is 2.51. The SMILES string of the molecule is c1ccc2c(c1)-c1ccccc1C21c2ccccc2-c2cc3c(cc21)oc1cc(-c2ccc(-n4c5ccccc5c5ccccc54)cc2)ccc13. The minimum absolute atomic E-state index is 0.379. The summed E-state index contributed by atoms with van der Waals surface area (Å²) in [6, 6.07) is 64.5. The third-order valence-corrected chi connectivity index (χ3v) is 11.6. The molecule has 2 aliphatic rings. The first kappa shape index (κ1) is 27.2. The second-order valence-corrected chi connectivity index (χ2v) is 14.0. The molecule has 0 fully saturated rings. The Balaban J connectivity index is 1.01. The van der Waals surface area contributed by atoms with E-state index < -0.39 is 0 Å². The maximum atomic E-state index is 6.79. The molecule has 1 spiro atoms. The number of benzene rings is 8. The van der Waals surface area contributed by atoms with Crippen molar-refractivity contribution in [3.05, 3.63) is 198 Å². The molecular weight excluding hydrogens is 619 g/mol. The number of fused-ring (bicyclic) bond motifs is 16. The lowest BCUT2D eigenvalue weighted by Crippen LogP contribution is -2.25. The Bertz CT molecular complexity index is 2980. The van der Waals surface area contributed by atoms with Crippen LogP contribution in [0.4, 0.5) is 0 Å². The predicted octanol–water partition coefficient (Wildman–Crippen LogP) is 12.7. The van der Waals surface area contributed by atoms with Crippen LogP contribution in [0.25, 0.3) is 82.8 Å². The van der Waals surface area contributed by atoms with E-state index in [1.54, 1.807) is 0 Å². The van der Waals surface area contributed by atoms with Crippen LogP contribution in [-0.2, 0) is 5.41 Å². The van der Waals surface area contributed by atoms with Gasteiger partial charge in [0.25, 0.3) is 0 Å². The van der Waals surface area contributed by atoms with E-state index in [0.717, 1.165) is 38.8 Å². The topological polar surface area (TPSA) is 18.1 Å². The van der Waals surface area contributed by atoms with Crippen molar-refractivity contribution in [2.45, 2.75) is 5.41 Å². The number of furan rings is 1. The van der Waals surface area contributed by atoms with Gasteiger partial charge in [-0.25, -0.2) is 0 Å². The molecule has 0 amide bonds. The van der Waals surface area contributed by atoms with Gasteiger partial charge in [-0.3, -0.25) is 0 Å². The van der Waals surface area contributed by atoms with Crippen LogP contribution in [0, 0.1) is 0 Å². The zero-order valence-electron chi connectivity index (χ0n) is 27.6. The molecule has 0 radical (unpaired) electrons. The Kier molecular flexibility index (Phi) is 5.20. The van der Waals surface area contributed by atoms with E-state index in [4.69, 9.17) is 4.42 Å². The van der Waals surface area contributed by atoms with E-state index in [1.165, 1.54) is 66.3 Å². The first-order chi connectivity index (χ1) is 25.3. The van der Waals surface area contributed by atoms with Crippen molar-refractivity contribution < 1.29 is 4.42 Å². The molecule has 2 aromatic heterocycles. The summed E-state index contributed by atoms with van der Waals surface area (Å²) in [6.45, 7) is 0. The molecule has 0 saturated heterocycles. The van der Waals surface area contributed by atoms with Gasteiger partial charge in [-0.05, 0) is 104 Å². The number of hydrogen-bond donors (Lipinski definition) is 0. The highest BCUT2D eigenvalue weighted by Crippen LogP contribution is 2.63. The van der Waals surface area contributed by atoms with Gasteiger partial charge in [-0.2, -0.15) is 0 Å². The molecule has 2 aliphatic carbocycles. The molecule has 0 unspecified atom stereocenters. The molecule has 0 bridgehead atoms. The van der Waals surface area contributed by atoms with E-state index in [1.807, 2.05) is 0 Å².